The lowest BCUT2D eigenvalue weighted by molar-refractivity contribution is 0.112. The molecule has 0 saturated heterocycles. The van der Waals surface area contributed by atoms with Crippen molar-refractivity contribution in [2.45, 2.75) is 18.9 Å². The van der Waals surface area contributed by atoms with Crippen LogP contribution in [0.5, 0.6) is 0 Å². The zero-order chi connectivity index (χ0) is 16.7. The molecule has 1 fully saturated rings. The molecule has 3 aromatic rings. The normalized spacial score (nSPS) is 13.9. The average molecular weight is 343 g/mol. The molecule has 4 rings (SSSR count). The van der Waals surface area contributed by atoms with Gasteiger partial charge in [-0.05, 0) is 31.0 Å². The number of nitrogens with two attached hydrogens (primary N) is 1. The van der Waals surface area contributed by atoms with E-state index in [1.165, 1.54) is 6.20 Å². The number of rotatable bonds is 5. The summed E-state index contributed by atoms with van der Waals surface area (Å²) in [6, 6.07) is 9.43. The predicted octanol–water partition coefficient (Wildman–Crippen LogP) is 2.78. The minimum Gasteiger partial charge on any atom is -0.340 e. The van der Waals surface area contributed by atoms with E-state index in [1.54, 1.807) is 21.7 Å². The van der Waals surface area contributed by atoms with Crippen LogP contribution in [0.2, 0.25) is 5.02 Å². The summed E-state index contributed by atoms with van der Waals surface area (Å²) in [4.78, 5) is 15.7. The van der Waals surface area contributed by atoms with Crippen LogP contribution in [0, 0.1) is 0 Å². The Morgan fingerprint density at radius 2 is 2.21 bits per heavy atom. The van der Waals surface area contributed by atoms with Crippen molar-refractivity contribution in [3.8, 4) is 0 Å². The van der Waals surface area contributed by atoms with E-state index >= 15 is 0 Å². The standard InChI is InChI=1S/C16H15ClN6O/c17-11-2-1-3-12(6-11)20-14-7-15(22(18)13-4-5-13)23-16(21-14)10(9-24)8-19-23/h1-3,6-9,13H,4-5,18H2,(H,20,21). The fourth-order valence-corrected chi connectivity index (χ4v) is 2.74. The Hall–Kier alpha value is -2.64. The highest BCUT2D eigenvalue weighted by atomic mass is 35.5. The quantitative estimate of drug-likeness (QED) is 0.421. The highest BCUT2D eigenvalue weighted by Crippen LogP contribution is 2.31. The van der Waals surface area contributed by atoms with Gasteiger partial charge < -0.3 is 5.32 Å². The Balaban J connectivity index is 1.81. The molecule has 0 bridgehead atoms. The molecule has 8 heteroatoms. The summed E-state index contributed by atoms with van der Waals surface area (Å²) in [5, 5.41) is 9.74. The van der Waals surface area contributed by atoms with Gasteiger partial charge in [0, 0.05) is 22.8 Å². The number of fused-ring (bicyclic) bond motifs is 1. The van der Waals surface area contributed by atoms with Crippen LogP contribution in [0.3, 0.4) is 0 Å². The van der Waals surface area contributed by atoms with Gasteiger partial charge >= 0.3 is 0 Å². The Morgan fingerprint density at radius 1 is 1.38 bits per heavy atom. The smallest absolute Gasteiger partial charge is 0.170 e. The number of aldehydes is 1. The first-order valence-electron chi connectivity index (χ1n) is 7.56. The van der Waals surface area contributed by atoms with Gasteiger partial charge in [-0.25, -0.2) is 10.8 Å². The third-order valence-corrected chi connectivity index (χ3v) is 4.14. The summed E-state index contributed by atoms with van der Waals surface area (Å²) < 4.78 is 1.59. The second-order valence-electron chi connectivity index (χ2n) is 5.73. The molecule has 0 radical (unpaired) electrons. The number of benzene rings is 1. The molecule has 0 unspecified atom stereocenters. The maximum Gasteiger partial charge on any atom is 0.170 e. The van der Waals surface area contributed by atoms with Crippen LogP contribution in [0.25, 0.3) is 5.65 Å². The van der Waals surface area contributed by atoms with Gasteiger partial charge in [0.05, 0.1) is 11.8 Å². The highest BCUT2D eigenvalue weighted by molar-refractivity contribution is 6.30. The van der Waals surface area contributed by atoms with E-state index in [-0.39, 0.29) is 0 Å². The van der Waals surface area contributed by atoms with Gasteiger partial charge in [0.25, 0.3) is 0 Å². The van der Waals surface area contributed by atoms with Gasteiger partial charge in [-0.3, -0.25) is 9.80 Å². The first kappa shape index (κ1) is 14.9. The molecule has 24 heavy (non-hydrogen) atoms. The fourth-order valence-electron chi connectivity index (χ4n) is 2.55. The van der Waals surface area contributed by atoms with Crippen LogP contribution >= 0.6 is 11.6 Å². The van der Waals surface area contributed by atoms with E-state index in [0.717, 1.165) is 24.8 Å². The van der Waals surface area contributed by atoms with Crippen molar-refractivity contribution in [3.63, 3.8) is 0 Å². The van der Waals surface area contributed by atoms with E-state index in [1.807, 2.05) is 18.2 Å². The third kappa shape index (κ3) is 2.68. The number of nitrogens with one attached hydrogen (secondary N) is 1. The largest absolute Gasteiger partial charge is 0.340 e. The number of hydrogen-bond donors (Lipinski definition) is 2. The number of anilines is 3. The molecule has 2 heterocycles. The van der Waals surface area contributed by atoms with Crippen molar-refractivity contribution in [2.75, 3.05) is 10.3 Å². The second-order valence-corrected chi connectivity index (χ2v) is 6.16. The van der Waals surface area contributed by atoms with E-state index in [2.05, 4.69) is 15.4 Å². The van der Waals surface area contributed by atoms with Crippen LogP contribution in [0.4, 0.5) is 17.3 Å². The van der Waals surface area contributed by atoms with Gasteiger partial charge in [-0.15, -0.1) is 0 Å². The Labute approximate surface area is 143 Å². The zero-order valence-corrected chi connectivity index (χ0v) is 13.4. The van der Waals surface area contributed by atoms with Crippen molar-refractivity contribution >= 4 is 40.9 Å². The predicted molar refractivity (Wildman–Crippen MR) is 92.8 cm³/mol. The fraction of sp³-hybridized carbons (Fsp3) is 0.188. The number of hydrogen-bond acceptors (Lipinski definition) is 6. The molecular formula is C16H15ClN6O. The summed E-state index contributed by atoms with van der Waals surface area (Å²) in [5.74, 6) is 7.46. The van der Waals surface area contributed by atoms with Gasteiger partial charge in [-0.2, -0.15) is 9.61 Å². The first-order valence-corrected chi connectivity index (χ1v) is 7.94. The molecular weight excluding hydrogens is 328 g/mol. The molecule has 1 saturated carbocycles. The third-order valence-electron chi connectivity index (χ3n) is 3.91. The lowest BCUT2D eigenvalue weighted by Crippen LogP contribution is -2.35. The van der Waals surface area contributed by atoms with E-state index < -0.39 is 0 Å². The van der Waals surface area contributed by atoms with Crippen molar-refractivity contribution < 1.29 is 4.79 Å². The average Bonchev–Trinajstić information content (AvgIpc) is 3.34. The number of nitrogens with zero attached hydrogens (tertiary/aromatic N) is 4. The van der Waals surface area contributed by atoms with Crippen LogP contribution in [0.1, 0.15) is 23.2 Å². The lowest BCUT2D eigenvalue weighted by atomic mass is 10.3. The second kappa shape index (κ2) is 5.77. The first-order chi connectivity index (χ1) is 11.7. The Kier molecular flexibility index (Phi) is 3.59. The SMILES string of the molecule is NN(c1cc(Nc2cccc(Cl)c2)nc2c(C=O)cnn12)C1CC1. The van der Waals surface area contributed by atoms with Crippen LogP contribution in [0.15, 0.2) is 36.5 Å². The van der Waals surface area contributed by atoms with Crippen LogP contribution < -0.4 is 16.2 Å². The molecule has 2 aromatic heterocycles. The lowest BCUT2D eigenvalue weighted by Gasteiger charge is -2.20. The summed E-state index contributed by atoms with van der Waals surface area (Å²) in [6.07, 6.45) is 4.31. The summed E-state index contributed by atoms with van der Waals surface area (Å²) in [7, 11) is 0. The van der Waals surface area contributed by atoms with E-state index in [0.29, 0.717) is 33.9 Å². The molecule has 1 aliphatic rings. The molecule has 1 aliphatic carbocycles. The van der Waals surface area contributed by atoms with Gasteiger partial charge in [0.15, 0.2) is 17.8 Å². The summed E-state index contributed by atoms with van der Waals surface area (Å²) in [6.45, 7) is 0. The number of carbonyl (C=O) groups excluding carboxylic acids is 1. The zero-order valence-electron chi connectivity index (χ0n) is 12.7. The monoisotopic (exact) mass is 342 g/mol. The van der Waals surface area contributed by atoms with Crippen molar-refractivity contribution in [3.05, 3.63) is 47.1 Å². The van der Waals surface area contributed by atoms with Crippen LogP contribution in [-0.2, 0) is 0 Å². The topological polar surface area (TPSA) is 88.5 Å². The van der Waals surface area contributed by atoms with Crippen molar-refractivity contribution in [2.24, 2.45) is 5.84 Å². The number of carbonyl (C=O) groups is 1. The molecule has 0 atom stereocenters. The molecule has 0 amide bonds. The minimum absolute atomic E-state index is 0.290. The number of halogens is 1. The van der Waals surface area contributed by atoms with Gasteiger partial charge in [-0.1, -0.05) is 17.7 Å². The van der Waals surface area contributed by atoms with Crippen molar-refractivity contribution in [1.82, 2.24) is 14.6 Å². The highest BCUT2D eigenvalue weighted by Gasteiger charge is 2.29. The number of hydrazine groups is 1. The molecule has 0 aliphatic heterocycles. The van der Waals surface area contributed by atoms with E-state index in [4.69, 9.17) is 17.4 Å². The molecule has 0 spiro atoms. The summed E-state index contributed by atoms with van der Waals surface area (Å²) in [5.41, 5.74) is 1.67. The van der Waals surface area contributed by atoms with Gasteiger partial charge in [0.2, 0.25) is 0 Å². The van der Waals surface area contributed by atoms with Crippen LogP contribution in [-0.4, -0.2) is 26.9 Å². The molecule has 122 valence electrons. The van der Waals surface area contributed by atoms with Crippen molar-refractivity contribution in [1.29, 1.82) is 0 Å². The molecule has 7 nitrogen and oxygen atoms in total. The van der Waals surface area contributed by atoms with E-state index in [9.17, 15) is 4.79 Å². The maximum atomic E-state index is 11.2. The van der Waals surface area contributed by atoms with Gasteiger partial charge in [0.1, 0.15) is 5.82 Å². The molecule has 3 N–H and O–H groups in total. The number of aromatic nitrogens is 3. The Morgan fingerprint density at radius 3 is 2.92 bits per heavy atom. The maximum absolute atomic E-state index is 11.2. The Bertz CT molecular complexity index is 920. The summed E-state index contributed by atoms with van der Waals surface area (Å²) >= 11 is 6.02. The molecule has 1 aromatic carbocycles. The minimum atomic E-state index is 0.290.